The van der Waals surface area contributed by atoms with E-state index in [2.05, 4.69) is 15.5 Å². The highest BCUT2D eigenvalue weighted by Gasteiger charge is 2.49. The molecule has 0 radical (unpaired) electrons. The summed E-state index contributed by atoms with van der Waals surface area (Å²) in [5.41, 5.74) is 5.06. The Morgan fingerprint density at radius 2 is 1.97 bits per heavy atom. The molecule has 0 saturated carbocycles. The van der Waals surface area contributed by atoms with E-state index in [-0.39, 0.29) is 23.8 Å². The van der Waals surface area contributed by atoms with Gasteiger partial charge >= 0.3 is 6.03 Å². The Morgan fingerprint density at radius 3 is 2.67 bits per heavy atom. The van der Waals surface area contributed by atoms with E-state index in [4.69, 9.17) is 10.3 Å². The van der Waals surface area contributed by atoms with E-state index in [0.29, 0.717) is 11.1 Å². The number of benzene rings is 2. The first-order chi connectivity index (χ1) is 14.3. The molecular weight excluding hydrogens is 393 g/mol. The number of hydrogen-bond donors (Lipinski definition) is 2. The third-order valence-corrected chi connectivity index (χ3v) is 4.86. The number of urea groups is 1. The van der Waals surface area contributed by atoms with Gasteiger partial charge in [0.15, 0.2) is 5.82 Å². The van der Waals surface area contributed by atoms with Crippen LogP contribution in [0.2, 0.25) is 0 Å². The molecule has 1 fully saturated rings. The number of aromatic nitrogens is 2. The second kappa shape index (κ2) is 7.07. The van der Waals surface area contributed by atoms with Gasteiger partial charge in [-0.3, -0.25) is 14.5 Å². The van der Waals surface area contributed by atoms with E-state index < -0.39 is 29.2 Å². The molecular formula is C20H16FN5O4. The number of nitrogens with one attached hydrogen (secondary N) is 1. The second-order valence-electron chi connectivity index (χ2n) is 6.91. The van der Waals surface area contributed by atoms with Crippen LogP contribution in [-0.4, -0.2) is 32.9 Å². The van der Waals surface area contributed by atoms with Gasteiger partial charge in [0.25, 0.3) is 11.8 Å². The van der Waals surface area contributed by atoms with Gasteiger partial charge in [-0.2, -0.15) is 4.98 Å². The molecule has 30 heavy (non-hydrogen) atoms. The zero-order valence-corrected chi connectivity index (χ0v) is 15.8. The van der Waals surface area contributed by atoms with E-state index in [0.717, 1.165) is 4.90 Å². The standard InChI is InChI=1S/C20H16FN5O4/c1-20(13-4-2-3-12(9-13)16(22)27)18(28)26(19(29)24-20)10-15-23-17(30-25-15)11-5-7-14(21)8-6-11/h2-9H,10H2,1H3,(H2,22,27)(H,24,29). The molecule has 0 spiro atoms. The third-order valence-electron chi connectivity index (χ3n) is 4.86. The van der Waals surface area contributed by atoms with Crippen LogP contribution < -0.4 is 11.1 Å². The fourth-order valence-electron chi connectivity index (χ4n) is 3.19. The highest BCUT2D eigenvalue weighted by Crippen LogP contribution is 2.30. The van der Waals surface area contributed by atoms with Gasteiger partial charge in [-0.25, -0.2) is 9.18 Å². The molecule has 1 unspecified atom stereocenters. The molecule has 1 atom stereocenters. The van der Waals surface area contributed by atoms with Crippen LogP contribution in [0, 0.1) is 5.82 Å². The number of rotatable bonds is 5. The van der Waals surface area contributed by atoms with Gasteiger partial charge in [0.1, 0.15) is 11.4 Å². The average Bonchev–Trinajstić information content (AvgIpc) is 3.28. The highest BCUT2D eigenvalue weighted by molar-refractivity contribution is 6.07. The molecule has 3 aromatic rings. The Kier molecular flexibility index (Phi) is 4.53. The Bertz CT molecular complexity index is 1160. The van der Waals surface area contributed by atoms with Gasteiger partial charge < -0.3 is 15.6 Å². The largest absolute Gasteiger partial charge is 0.366 e. The van der Waals surface area contributed by atoms with Crippen LogP contribution in [0.25, 0.3) is 11.5 Å². The van der Waals surface area contributed by atoms with E-state index in [9.17, 15) is 18.8 Å². The number of carbonyl (C=O) groups is 3. The van der Waals surface area contributed by atoms with Crippen molar-refractivity contribution in [3.8, 4) is 11.5 Å². The summed E-state index contributed by atoms with van der Waals surface area (Å²) < 4.78 is 18.2. The fourth-order valence-corrected chi connectivity index (χ4v) is 3.19. The van der Waals surface area contributed by atoms with Crippen molar-refractivity contribution in [3.63, 3.8) is 0 Å². The van der Waals surface area contributed by atoms with Gasteiger partial charge in [0.05, 0.1) is 6.54 Å². The SMILES string of the molecule is CC1(c2cccc(C(N)=O)c2)NC(=O)N(Cc2noc(-c3ccc(F)cc3)n2)C1=O. The van der Waals surface area contributed by atoms with Crippen LogP contribution in [0.5, 0.6) is 0 Å². The fraction of sp³-hybridized carbons (Fsp3) is 0.150. The van der Waals surface area contributed by atoms with Crippen LogP contribution in [-0.2, 0) is 16.9 Å². The van der Waals surface area contributed by atoms with Crippen LogP contribution in [0.3, 0.4) is 0 Å². The molecule has 1 aromatic heterocycles. The monoisotopic (exact) mass is 409 g/mol. The zero-order valence-electron chi connectivity index (χ0n) is 15.8. The number of amides is 4. The molecule has 4 amide bonds. The minimum absolute atomic E-state index is 0.105. The van der Waals surface area contributed by atoms with Crippen LogP contribution in [0.1, 0.15) is 28.7 Å². The molecule has 2 aromatic carbocycles. The molecule has 9 nitrogen and oxygen atoms in total. The maximum Gasteiger partial charge on any atom is 0.325 e. The van der Waals surface area contributed by atoms with Crippen molar-refractivity contribution in [2.45, 2.75) is 19.0 Å². The van der Waals surface area contributed by atoms with Crippen LogP contribution in [0.4, 0.5) is 9.18 Å². The van der Waals surface area contributed by atoms with Crippen molar-refractivity contribution in [2.24, 2.45) is 5.73 Å². The first-order valence-electron chi connectivity index (χ1n) is 8.91. The summed E-state index contributed by atoms with van der Waals surface area (Å²) in [7, 11) is 0. The number of imide groups is 1. The lowest BCUT2D eigenvalue weighted by atomic mass is 9.90. The molecule has 4 rings (SSSR count). The number of primary amides is 1. The predicted octanol–water partition coefficient (Wildman–Crippen LogP) is 1.94. The van der Waals surface area contributed by atoms with E-state index in [1.807, 2.05) is 0 Å². The minimum Gasteiger partial charge on any atom is -0.366 e. The molecule has 2 heterocycles. The Labute approximate surface area is 169 Å². The highest BCUT2D eigenvalue weighted by atomic mass is 19.1. The summed E-state index contributed by atoms with van der Waals surface area (Å²) in [6.07, 6.45) is 0. The summed E-state index contributed by atoms with van der Waals surface area (Å²) in [5, 5.41) is 6.43. The number of nitrogens with two attached hydrogens (primary N) is 1. The van der Waals surface area contributed by atoms with Gasteiger partial charge in [-0.05, 0) is 48.9 Å². The maximum absolute atomic E-state index is 13.1. The normalized spacial score (nSPS) is 18.5. The van der Waals surface area contributed by atoms with Crippen molar-refractivity contribution in [1.82, 2.24) is 20.4 Å². The predicted molar refractivity (Wildman–Crippen MR) is 101 cm³/mol. The Morgan fingerprint density at radius 1 is 1.23 bits per heavy atom. The lowest BCUT2D eigenvalue weighted by Crippen LogP contribution is -2.41. The molecule has 10 heteroatoms. The third kappa shape index (κ3) is 3.28. The van der Waals surface area contributed by atoms with E-state index in [1.54, 1.807) is 12.1 Å². The summed E-state index contributed by atoms with van der Waals surface area (Å²) in [6, 6.07) is 11.0. The summed E-state index contributed by atoms with van der Waals surface area (Å²) in [4.78, 5) is 42.1. The average molecular weight is 409 g/mol. The number of nitrogens with zero attached hydrogens (tertiary/aromatic N) is 3. The van der Waals surface area contributed by atoms with E-state index >= 15 is 0 Å². The van der Waals surface area contributed by atoms with E-state index in [1.165, 1.54) is 43.3 Å². The molecule has 0 aliphatic carbocycles. The number of halogens is 1. The smallest absolute Gasteiger partial charge is 0.325 e. The van der Waals surface area contributed by atoms with Gasteiger partial charge in [-0.1, -0.05) is 17.3 Å². The van der Waals surface area contributed by atoms with Crippen LogP contribution >= 0.6 is 0 Å². The Hall–Kier alpha value is -4.08. The van der Waals surface area contributed by atoms with Crippen molar-refractivity contribution >= 4 is 17.8 Å². The number of hydrogen-bond acceptors (Lipinski definition) is 6. The Balaban J connectivity index is 1.57. The molecule has 1 aliphatic heterocycles. The van der Waals surface area contributed by atoms with Crippen molar-refractivity contribution in [2.75, 3.05) is 0 Å². The first kappa shape index (κ1) is 19.2. The maximum atomic E-state index is 13.1. The van der Waals surface area contributed by atoms with Gasteiger partial charge in [0.2, 0.25) is 5.91 Å². The van der Waals surface area contributed by atoms with Gasteiger partial charge in [-0.15, -0.1) is 0 Å². The lowest BCUT2D eigenvalue weighted by molar-refractivity contribution is -0.131. The minimum atomic E-state index is -1.38. The molecule has 1 aliphatic rings. The van der Waals surface area contributed by atoms with Crippen molar-refractivity contribution in [1.29, 1.82) is 0 Å². The first-order valence-corrected chi connectivity index (χ1v) is 8.91. The summed E-state index contributed by atoms with van der Waals surface area (Å²) in [6.45, 7) is 1.31. The lowest BCUT2D eigenvalue weighted by Gasteiger charge is -2.22. The van der Waals surface area contributed by atoms with Gasteiger partial charge in [0, 0.05) is 11.1 Å². The molecule has 0 bridgehead atoms. The zero-order chi connectivity index (χ0) is 21.5. The quantitative estimate of drug-likeness (QED) is 0.619. The van der Waals surface area contributed by atoms with Crippen molar-refractivity contribution in [3.05, 3.63) is 71.3 Å². The van der Waals surface area contributed by atoms with Crippen molar-refractivity contribution < 1.29 is 23.3 Å². The number of carbonyl (C=O) groups excluding carboxylic acids is 3. The van der Waals surface area contributed by atoms with Crippen LogP contribution in [0.15, 0.2) is 53.1 Å². The topological polar surface area (TPSA) is 131 Å². The molecule has 152 valence electrons. The molecule has 1 saturated heterocycles. The summed E-state index contributed by atoms with van der Waals surface area (Å²) >= 11 is 0. The molecule has 3 N–H and O–H groups in total. The second-order valence-corrected chi connectivity index (χ2v) is 6.91. The summed E-state index contributed by atoms with van der Waals surface area (Å²) in [5.74, 6) is -1.35.